The SMILES string of the molecule is CC(CN)C[Si](C)(C)O[Si](C)(C)O[Si](C)(C)CC(C)CN. The largest absolute Gasteiger partial charge is 0.436 e. The normalized spacial score (nSPS) is 16.9. The average Bonchev–Trinajstić information content (AvgIpc) is 2.23. The molecule has 0 saturated carbocycles. The van der Waals surface area contributed by atoms with Gasteiger partial charge < -0.3 is 19.7 Å². The van der Waals surface area contributed by atoms with Crippen molar-refractivity contribution in [3.63, 3.8) is 0 Å². The van der Waals surface area contributed by atoms with Crippen LogP contribution in [-0.4, -0.2) is 38.3 Å². The van der Waals surface area contributed by atoms with Crippen LogP contribution in [0.1, 0.15) is 13.8 Å². The molecule has 0 radical (unpaired) electrons. The smallest absolute Gasteiger partial charge is 0.311 e. The second kappa shape index (κ2) is 8.37. The summed E-state index contributed by atoms with van der Waals surface area (Å²) in [4.78, 5) is 0. The predicted molar refractivity (Wildman–Crippen MR) is 101 cm³/mol. The number of hydrogen-bond acceptors (Lipinski definition) is 4. The zero-order valence-electron chi connectivity index (χ0n) is 15.5. The van der Waals surface area contributed by atoms with E-state index in [9.17, 15) is 0 Å². The Morgan fingerprint density at radius 1 is 0.714 bits per heavy atom. The van der Waals surface area contributed by atoms with Crippen LogP contribution in [-0.2, 0) is 8.23 Å². The quantitative estimate of drug-likeness (QED) is 0.593. The van der Waals surface area contributed by atoms with Gasteiger partial charge in [-0.2, -0.15) is 0 Å². The van der Waals surface area contributed by atoms with Gasteiger partial charge >= 0.3 is 8.56 Å². The van der Waals surface area contributed by atoms with Crippen LogP contribution in [0, 0.1) is 11.8 Å². The summed E-state index contributed by atoms with van der Waals surface area (Å²) >= 11 is 0. The number of rotatable bonds is 10. The molecule has 0 saturated heterocycles. The van der Waals surface area contributed by atoms with Crippen LogP contribution in [0.15, 0.2) is 0 Å². The third-order valence-corrected chi connectivity index (χ3v) is 15.2. The van der Waals surface area contributed by atoms with Crippen molar-refractivity contribution in [3.05, 3.63) is 0 Å². The van der Waals surface area contributed by atoms with E-state index in [0.29, 0.717) is 11.8 Å². The highest BCUT2D eigenvalue weighted by molar-refractivity contribution is 6.87. The Kier molecular flexibility index (Phi) is 8.57. The fourth-order valence-electron chi connectivity index (χ4n) is 3.28. The topological polar surface area (TPSA) is 70.5 Å². The maximum Gasteiger partial charge on any atom is 0.311 e. The van der Waals surface area contributed by atoms with Crippen LogP contribution in [0.4, 0.5) is 0 Å². The zero-order valence-corrected chi connectivity index (χ0v) is 18.5. The maximum absolute atomic E-state index is 6.55. The molecule has 0 aromatic carbocycles. The van der Waals surface area contributed by atoms with Crippen molar-refractivity contribution in [2.75, 3.05) is 13.1 Å². The first-order valence-electron chi connectivity index (χ1n) is 8.13. The molecule has 0 bridgehead atoms. The van der Waals surface area contributed by atoms with E-state index in [2.05, 4.69) is 53.1 Å². The van der Waals surface area contributed by atoms with Gasteiger partial charge in [0.2, 0.25) is 0 Å². The molecule has 2 atom stereocenters. The molecule has 0 fully saturated rings. The lowest BCUT2D eigenvalue weighted by atomic mass is 10.2. The zero-order chi connectivity index (χ0) is 16.9. The Morgan fingerprint density at radius 2 is 1.00 bits per heavy atom. The molecule has 2 unspecified atom stereocenters. The van der Waals surface area contributed by atoms with Gasteiger partial charge in [-0.1, -0.05) is 13.8 Å². The van der Waals surface area contributed by atoms with Gasteiger partial charge in [0.05, 0.1) is 0 Å². The predicted octanol–water partition coefficient (Wildman–Crippen LogP) is 3.32. The molecule has 128 valence electrons. The second-order valence-electron chi connectivity index (χ2n) is 8.21. The molecule has 0 aromatic rings. The fourth-order valence-corrected chi connectivity index (χ4v) is 18.8. The average molecular weight is 351 g/mol. The van der Waals surface area contributed by atoms with E-state index >= 15 is 0 Å². The van der Waals surface area contributed by atoms with E-state index in [1.165, 1.54) is 0 Å². The van der Waals surface area contributed by atoms with Crippen LogP contribution in [0.3, 0.4) is 0 Å². The van der Waals surface area contributed by atoms with Gasteiger partial charge in [0.15, 0.2) is 16.6 Å². The summed E-state index contributed by atoms with van der Waals surface area (Å²) in [5, 5.41) is 0. The Bertz CT molecular complexity index is 285. The van der Waals surface area contributed by atoms with Crippen LogP contribution >= 0.6 is 0 Å². The van der Waals surface area contributed by atoms with Crippen molar-refractivity contribution >= 4 is 25.2 Å². The summed E-state index contributed by atoms with van der Waals surface area (Å²) in [7, 11) is -5.52. The molecule has 21 heavy (non-hydrogen) atoms. The van der Waals surface area contributed by atoms with Crippen molar-refractivity contribution in [3.8, 4) is 0 Å². The third kappa shape index (κ3) is 9.98. The molecule has 0 rings (SSSR count). The van der Waals surface area contributed by atoms with Crippen molar-refractivity contribution in [2.45, 2.75) is 65.2 Å². The highest BCUT2D eigenvalue weighted by Crippen LogP contribution is 2.27. The van der Waals surface area contributed by atoms with Gasteiger partial charge in [-0.25, -0.2) is 0 Å². The summed E-state index contributed by atoms with van der Waals surface area (Å²) in [6.45, 7) is 19.4. The Balaban J connectivity index is 4.67. The third-order valence-electron chi connectivity index (χ3n) is 3.53. The summed E-state index contributed by atoms with van der Waals surface area (Å²) in [5.41, 5.74) is 11.5. The van der Waals surface area contributed by atoms with Gasteiger partial charge in [0, 0.05) is 0 Å². The molecule has 4 nitrogen and oxygen atoms in total. The van der Waals surface area contributed by atoms with E-state index in [4.69, 9.17) is 19.7 Å². The molecular weight excluding hydrogens is 312 g/mol. The van der Waals surface area contributed by atoms with Gasteiger partial charge in [-0.15, -0.1) is 0 Å². The first kappa shape index (κ1) is 21.5. The van der Waals surface area contributed by atoms with Gasteiger partial charge in [-0.05, 0) is 76.3 Å². The van der Waals surface area contributed by atoms with Crippen LogP contribution in [0.25, 0.3) is 0 Å². The van der Waals surface area contributed by atoms with E-state index < -0.39 is 25.2 Å². The van der Waals surface area contributed by atoms with E-state index in [0.717, 1.165) is 25.2 Å². The first-order valence-corrected chi connectivity index (χ1v) is 17.2. The van der Waals surface area contributed by atoms with Crippen LogP contribution in [0.2, 0.25) is 51.4 Å². The first-order chi connectivity index (χ1) is 9.32. The standard InChI is InChI=1S/C14H38N2O2Si3/c1-13(9-15)11-19(3,4)17-21(7,8)18-20(5,6)12-14(2)10-16/h13-14H,9-12,15-16H2,1-8H3. The number of hydrogen-bond donors (Lipinski definition) is 2. The van der Waals surface area contributed by atoms with Crippen molar-refractivity contribution in [1.82, 2.24) is 0 Å². The summed E-state index contributed by atoms with van der Waals surface area (Å²) in [5.74, 6) is 1.05. The lowest BCUT2D eigenvalue weighted by molar-refractivity contribution is 0.379. The number of nitrogens with two attached hydrogens (primary N) is 2. The van der Waals surface area contributed by atoms with E-state index in [-0.39, 0.29) is 0 Å². The minimum absolute atomic E-state index is 0.527. The molecule has 0 amide bonds. The minimum Gasteiger partial charge on any atom is -0.436 e. The van der Waals surface area contributed by atoms with Crippen molar-refractivity contribution < 1.29 is 8.23 Å². The monoisotopic (exact) mass is 350 g/mol. The summed E-state index contributed by atoms with van der Waals surface area (Å²) in [6, 6.07) is 2.20. The van der Waals surface area contributed by atoms with E-state index in [1.807, 2.05) is 0 Å². The fraction of sp³-hybridized carbons (Fsp3) is 1.00. The summed E-state index contributed by atoms with van der Waals surface area (Å²) < 4.78 is 13.1. The Hall–Kier alpha value is 0.491. The van der Waals surface area contributed by atoms with Gasteiger partial charge in [0.25, 0.3) is 0 Å². The van der Waals surface area contributed by atoms with E-state index in [1.54, 1.807) is 0 Å². The Morgan fingerprint density at radius 3 is 1.24 bits per heavy atom. The summed E-state index contributed by atoms with van der Waals surface area (Å²) in [6.07, 6.45) is 0. The maximum atomic E-state index is 6.55. The highest BCUT2D eigenvalue weighted by Gasteiger charge is 2.40. The molecule has 0 aromatic heterocycles. The van der Waals surface area contributed by atoms with Crippen LogP contribution < -0.4 is 11.5 Å². The molecule has 0 aliphatic rings. The molecule has 0 heterocycles. The lowest BCUT2D eigenvalue weighted by Crippen LogP contribution is -2.53. The highest BCUT2D eigenvalue weighted by atomic mass is 28.5. The second-order valence-corrected chi connectivity index (χ2v) is 20.5. The minimum atomic E-state index is -2.09. The Labute approximate surface area is 135 Å². The molecule has 4 N–H and O–H groups in total. The molecule has 0 aliphatic heterocycles. The van der Waals surface area contributed by atoms with Crippen molar-refractivity contribution in [1.29, 1.82) is 0 Å². The van der Waals surface area contributed by atoms with Gasteiger partial charge in [0.1, 0.15) is 0 Å². The molecule has 0 aliphatic carbocycles. The van der Waals surface area contributed by atoms with Crippen molar-refractivity contribution in [2.24, 2.45) is 23.3 Å². The molecular formula is C14H38N2O2Si3. The molecule has 7 heteroatoms. The van der Waals surface area contributed by atoms with Crippen LogP contribution in [0.5, 0.6) is 0 Å². The molecule has 0 spiro atoms. The lowest BCUT2D eigenvalue weighted by Gasteiger charge is -2.40. The van der Waals surface area contributed by atoms with Gasteiger partial charge in [-0.3, -0.25) is 0 Å².